The van der Waals surface area contributed by atoms with Crippen molar-refractivity contribution in [2.45, 2.75) is 11.5 Å². The number of hydrogen-bond acceptors (Lipinski definition) is 1. The van der Waals surface area contributed by atoms with Gasteiger partial charge in [-0.15, -0.1) is 0 Å². The van der Waals surface area contributed by atoms with Crippen molar-refractivity contribution in [3.05, 3.63) is 161 Å². The van der Waals surface area contributed by atoms with Crippen molar-refractivity contribution >= 4 is 35.5 Å². The topological polar surface area (TPSA) is 20.2 Å². The molecule has 0 heterocycles. The van der Waals surface area contributed by atoms with Gasteiger partial charge in [0, 0.05) is 11.5 Å². The number of allylic oxidation sites excluding steroid dienone is 1. The number of benzene rings is 5. The van der Waals surface area contributed by atoms with Crippen LogP contribution in [0.1, 0.15) is 39.3 Å². The van der Waals surface area contributed by atoms with Crippen molar-refractivity contribution in [1.29, 1.82) is 0 Å². The minimum absolute atomic E-state index is 0.0831. The van der Waals surface area contributed by atoms with Crippen molar-refractivity contribution in [1.82, 2.24) is 0 Å². The fourth-order valence-corrected chi connectivity index (χ4v) is 5.29. The summed E-state index contributed by atoms with van der Waals surface area (Å²) in [5, 5.41) is 15.0. The number of aliphatic hydroxyl groups is 1. The molecule has 1 nitrogen and oxygen atoms in total. The second kappa shape index (κ2) is 11.2. The SMILES string of the molecule is OC(c1ccccc1)(c1ccccc1)c1c(C2C=Cc3ccccc32)ccc2ccccc12.[Cl][Ti][Cl]. The van der Waals surface area contributed by atoms with Crippen molar-refractivity contribution < 1.29 is 22.1 Å². The van der Waals surface area contributed by atoms with Crippen molar-refractivity contribution in [3.63, 3.8) is 0 Å². The number of rotatable bonds is 4. The fourth-order valence-electron chi connectivity index (χ4n) is 5.29. The molecule has 5 aromatic carbocycles. The zero-order valence-electron chi connectivity index (χ0n) is 19.5. The third kappa shape index (κ3) is 4.59. The van der Waals surface area contributed by atoms with Crippen LogP contribution in [-0.4, -0.2) is 5.11 Å². The van der Waals surface area contributed by atoms with Gasteiger partial charge in [0.1, 0.15) is 5.60 Å². The molecule has 0 fully saturated rings. The van der Waals surface area contributed by atoms with Crippen LogP contribution in [0.2, 0.25) is 0 Å². The summed E-state index contributed by atoms with van der Waals surface area (Å²) in [5.41, 5.74) is 5.02. The summed E-state index contributed by atoms with van der Waals surface area (Å²) < 4.78 is 0. The summed E-state index contributed by atoms with van der Waals surface area (Å²) in [4.78, 5) is 0. The average molecular weight is 543 g/mol. The summed E-state index contributed by atoms with van der Waals surface area (Å²) in [6.07, 6.45) is 4.46. The monoisotopic (exact) mass is 542 g/mol. The number of hydrogen-bond donors (Lipinski definition) is 1. The normalized spacial score (nSPS) is 14.1. The Labute approximate surface area is 228 Å². The molecule has 1 unspecified atom stereocenters. The first kappa shape index (κ1) is 25.0. The maximum atomic E-state index is 12.8. The van der Waals surface area contributed by atoms with Crippen LogP contribution in [0.25, 0.3) is 16.8 Å². The van der Waals surface area contributed by atoms with E-state index in [1.54, 1.807) is 0 Å². The molecule has 176 valence electrons. The van der Waals surface area contributed by atoms with E-state index in [1.165, 1.54) is 11.1 Å². The molecule has 0 radical (unpaired) electrons. The van der Waals surface area contributed by atoms with Gasteiger partial charge in [0.15, 0.2) is 0 Å². The molecule has 0 spiro atoms. The van der Waals surface area contributed by atoms with Crippen LogP contribution in [0, 0.1) is 0 Å². The van der Waals surface area contributed by atoms with Gasteiger partial charge in [0.05, 0.1) is 0 Å². The Hall–Kier alpha value is -2.65. The molecule has 0 saturated carbocycles. The summed E-state index contributed by atoms with van der Waals surface area (Å²) >= 11 is -0.556. The number of fused-ring (bicyclic) bond motifs is 2. The van der Waals surface area contributed by atoms with Gasteiger partial charge in [-0.1, -0.05) is 133 Å². The van der Waals surface area contributed by atoms with Crippen molar-refractivity contribution in [3.8, 4) is 0 Å². The first-order valence-corrected chi connectivity index (χ1v) is 16.1. The summed E-state index contributed by atoms with van der Waals surface area (Å²) in [7, 11) is 9.78. The molecule has 0 saturated heterocycles. The van der Waals surface area contributed by atoms with E-state index in [2.05, 4.69) is 72.8 Å². The molecule has 0 bridgehead atoms. The van der Waals surface area contributed by atoms with E-state index < -0.39 is 22.6 Å². The van der Waals surface area contributed by atoms with Crippen LogP contribution >= 0.6 is 18.6 Å². The summed E-state index contributed by atoms with van der Waals surface area (Å²) in [6, 6.07) is 41.4. The van der Waals surface area contributed by atoms with Crippen LogP contribution in [0.5, 0.6) is 0 Å². The van der Waals surface area contributed by atoms with E-state index in [0.29, 0.717) is 0 Å². The van der Waals surface area contributed by atoms with Crippen LogP contribution < -0.4 is 0 Å². The van der Waals surface area contributed by atoms with E-state index in [4.69, 9.17) is 18.6 Å². The van der Waals surface area contributed by atoms with Gasteiger partial charge in [-0.05, 0) is 38.6 Å². The van der Waals surface area contributed by atoms with E-state index in [-0.39, 0.29) is 5.92 Å². The van der Waals surface area contributed by atoms with E-state index in [1.807, 2.05) is 60.7 Å². The van der Waals surface area contributed by atoms with E-state index in [9.17, 15) is 5.11 Å². The van der Waals surface area contributed by atoms with Crippen LogP contribution in [0.3, 0.4) is 0 Å². The molecular formula is C32H24Cl2OTi. The zero-order chi connectivity index (χ0) is 25.0. The van der Waals surface area contributed by atoms with Crippen molar-refractivity contribution in [2.75, 3.05) is 0 Å². The van der Waals surface area contributed by atoms with Crippen molar-refractivity contribution in [2.24, 2.45) is 0 Å². The predicted octanol–water partition coefficient (Wildman–Crippen LogP) is 8.66. The second-order valence-electron chi connectivity index (χ2n) is 8.73. The standard InChI is InChI=1S/C32H24O.2ClH.Ti/c33-32(25-13-3-1-4-14-25,26-15-5-2-6-16-26)31-28-18-10-8-12-24(28)20-22-30(31)29-21-19-23-11-7-9-17-27(23)29;;;/h1-22,29,33H;2*1H;/q;;;+2/p-2. The van der Waals surface area contributed by atoms with Crippen LogP contribution in [-0.2, 0) is 22.6 Å². The Kier molecular flexibility index (Phi) is 7.77. The first-order valence-electron chi connectivity index (χ1n) is 11.8. The molecule has 5 aromatic rings. The van der Waals surface area contributed by atoms with Crippen LogP contribution in [0.4, 0.5) is 0 Å². The molecule has 0 aliphatic heterocycles. The maximum absolute atomic E-state index is 12.8. The Morgan fingerprint density at radius 3 is 1.83 bits per heavy atom. The van der Waals surface area contributed by atoms with Crippen LogP contribution in [0.15, 0.2) is 127 Å². The molecule has 4 heteroatoms. The first-order chi connectivity index (χ1) is 17.7. The van der Waals surface area contributed by atoms with E-state index in [0.717, 1.165) is 33.0 Å². The third-order valence-corrected chi connectivity index (χ3v) is 6.84. The fraction of sp³-hybridized carbons (Fsp3) is 0.0625. The van der Waals surface area contributed by atoms with Gasteiger partial charge in [-0.25, -0.2) is 0 Å². The third-order valence-electron chi connectivity index (χ3n) is 6.84. The molecule has 1 aliphatic rings. The molecule has 1 N–H and O–H groups in total. The molecule has 0 aromatic heterocycles. The quantitative estimate of drug-likeness (QED) is 0.178. The Morgan fingerprint density at radius 1 is 0.611 bits per heavy atom. The molecular weight excluding hydrogens is 519 g/mol. The molecule has 6 rings (SSSR count). The Morgan fingerprint density at radius 2 is 1.17 bits per heavy atom. The molecule has 1 aliphatic carbocycles. The molecule has 0 amide bonds. The Balaban J connectivity index is 0.000000848. The van der Waals surface area contributed by atoms with Gasteiger partial charge < -0.3 is 5.11 Å². The Bertz CT molecular complexity index is 1460. The van der Waals surface area contributed by atoms with Gasteiger partial charge in [-0.2, -0.15) is 0 Å². The van der Waals surface area contributed by atoms with Gasteiger partial charge in [-0.3, -0.25) is 0 Å². The van der Waals surface area contributed by atoms with Gasteiger partial charge in [0.25, 0.3) is 0 Å². The number of halogens is 2. The minimum atomic E-state index is -1.30. The molecule has 36 heavy (non-hydrogen) atoms. The molecule has 1 atom stereocenters. The van der Waals surface area contributed by atoms with Gasteiger partial charge >= 0.3 is 35.6 Å². The van der Waals surface area contributed by atoms with E-state index >= 15 is 0 Å². The second-order valence-corrected chi connectivity index (χ2v) is 11.3. The zero-order valence-corrected chi connectivity index (χ0v) is 22.6. The summed E-state index contributed by atoms with van der Waals surface area (Å²) in [6.45, 7) is 0. The summed E-state index contributed by atoms with van der Waals surface area (Å²) in [5.74, 6) is 0.0831. The van der Waals surface area contributed by atoms with Gasteiger partial charge in [0.2, 0.25) is 0 Å². The predicted molar refractivity (Wildman–Crippen MR) is 148 cm³/mol. The average Bonchev–Trinajstić information content (AvgIpc) is 3.37.